The van der Waals surface area contributed by atoms with Crippen LogP contribution in [0.25, 0.3) is 0 Å². The highest BCUT2D eigenvalue weighted by Crippen LogP contribution is 2.77. The fourth-order valence-corrected chi connectivity index (χ4v) is 15.5. The number of rotatable bonds is 10. The Bertz CT molecular complexity index is 1850. The minimum Gasteiger partial charge on any atom is -0.481 e. The molecule has 5 aliphatic carbocycles. The highest BCUT2D eigenvalue weighted by atomic mass is 16.8. The second kappa shape index (κ2) is 18.3. The van der Waals surface area contributed by atoms with Crippen molar-refractivity contribution in [2.75, 3.05) is 13.2 Å². The Morgan fingerprint density at radius 2 is 1.28 bits per heavy atom. The third kappa shape index (κ3) is 7.78. The molecule has 12 N–H and O–H groups in total. The molecular formula is C47H74O20. The standard InChI is InChI=1S/C47H74O20/c1-19(2)20-9-14-47(16-15-44(4)21(27(20)47)7-8-24-43(3)12-11-26(49)46(6,41(59)60)25(43)10-13-45(24,44)5)42(61)67-39-33(55)29(51)28(50)23(64-39)18-62-38-35(57)31(53)36(22(17-48)63-38)65-40-34(56)30(52)32(54)37(58)66-40/h20-40,48-58H,1,7-18H2,2-6H3,(H,59,60)/t20-,21+,22+,23+,24+,25+,26+,27+,28+,29-,30+,31+,32+,33+,34+,35+,36+,37+,38+,39-,40+,43+,44+,45+,46+,47-/m0/s1. The number of carbonyl (C=O) groups is 2. The van der Waals surface area contributed by atoms with E-state index in [1.165, 1.54) is 0 Å². The van der Waals surface area contributed by atoms with E-state index in [2.05, 4.69) is 27.4 Å². The number of aliphatic hydroxyl groups excluding tert-OH is 11. The number of carboxylic acid groups (broad SMARTS) is 1. The van der Waals surface area contributed by atoms with Crippen molar-refractivity contribution in [3.63, 3.8) is 0 Å². The number of esters is 1. The van der Waals surface area contributed by atoms with Crippen LogP contribution in [0.5, 0.6) is 0 Å². The summed E-state index contributed by atoms with van der Waals surface area (Å²) in [6.45, 7) is 13.5. The number of allylic oxidation sites excluding steroid dienone is 1. The molecule has 0 aromatic heterocycles. The number of hydrogen-bond donors (Lipinski definition) is 12. The van der Waals surface area contributed by atoms with Crippen molar-refractivity contribution < 1.29 is 99.3 Å². The summed E-state index contributed by atoms with van der Waals surface area (Å²) in [4.78, 5) is 27.8. The molecule has 3 aliphatic heterocycles. The van der Waals surface area contributed by atoms with Gasteiger partial charge in [-0.15, -0.1) is 0 Å². The third-order valence-corrected chi connectivity index (χ3v) is 19.5. The second-order valence-corrected chi connectivity index (χ2v) is 22.4. The molecular weight excluding hydrogens is 884 g/mol. The molecule has 20 nitrogen and oxygen atoms in total. The van der Waals surface area contributed by atoms with E-state index in [4.69, 9.17) is 28.4 Å². The van der Waals surface area contributed by atoms with E-state index in [9.17, 15) is 70.9 Å². The lowest BCUT2D eigenvalue weighted by Gasteiger charge is -2.72. The predicted octanol–water partition coefficient (Wildman–Crippen LogP) is -0.981. The monoisotopic (exact) mass is 958 g/mol. The first-order chi connectivity index (χ1) is 31.3. The van der Waals surface area contributed by atoms with Gasteiger partial charge in [0.25, 0.3) is 0 Å². The number of aliphatic carboxylic acids is 1. The Hall–Kier alpha value is -1.96. The van der Waals surface area contributed by atoms with E-state index in [0.29, 0.717) is 38.5 Å². The van der Waals surface area contributed by atoms with Gasteiger partial charge in [-0.05, 0) is 124 Å². The summed E-state index contributed by atoms with van der Waals surface area (Å²) in [6, 6.07) is 0. The molecule has 3 saturated heterocycles. The van der Waals surface area contributed by atoms with Gasteiger partial charge in [0.2, 0.25) is 6.29 Å². The minimum atomic E-state index is -1.98. The van der Waals surface area contributed by atoms with Gasteiger partial charge in [-0.3, -0.25) is 9.59 Å². The van der Waals surface area contributed by atoms with E-state index in [1.807, 2.05) is 6.92 Å². The van der Waals surface area contributed by atoms with E-state index < -0.39 is 134 Å². The fourth-order valence-electron chi connectivity index (χ4n) is 15.5. The maximum atomic E-state index is 14.9. The lowest BCUT2D eigenvalue weighted by atomic mass is 9.32. The summed E-state index contributed by atoms with van der Waals surface area (Å²) in [5, 5.41) is 127. The Kier molecular flexibility index (Phi) is 14.0. The molecule has 0 unspecified atom stereocenters. The fraction of sp³-hybridized carbons (Fsp3) is 0.915. The first kappa shape index (κ1) is 51.4. The maximum Gasteiger partial charge on any atom is 0.314 e. The van der Waals surface area contributed by atoms with Crippen molar-refractivity contribution in [1.29, 1.82) is 0 Å². The molecule has 0 spiro atoms. The Morgan fingerprint density at radius 3 is 1.94 bits per heavy atom. The van der Waals surface area contributed by atoms with Gasteiger partial charge in [0.05, 0.1) is 30.1 Å². The lowest BCUT2D eigenvalue weighted by Crippen LogP contribution is -2.68. The molecule has 3 heterocycles. The van der Waals surface area contributed by atoms with E-state index in [-0.39, 0.29) is 45.8 Å². The van der Waals surface area contributed by atoms with Crippen molar-refractivity contribution >= 4 is 11.9 Å². The number of hydrogen-bond acceptors (Lipinski definition) is 19. The molecule has 382 valence electrons. The van der Waals surface area contributed by atoms with Gasteiger partial charge < -0.3 is 89.7 Å². The number of fused-ring (bicyclic) bond motifs is 7. The van der Waals surface area contributed by atoms with Gasteiger partial charge in [-0.2, -0.15) is 0 Å². The largest absolute Gasteiger partial charge is 0.481 e. The molecule has 8 fully saturated rings. The van der Waals surface area contributed by atoms with Crippen LogP contribution in [0.3, 0.4) is 0 Å². The molecule has 8 aliphatic rings. The van der Waals surface area contributed by atoms with Gasteiger partial charge in [0.1, 0.15) is 67.1 Å². The molecule has 0 aromatic rings. The van der Waals surface area contributed by atoms with Crippen LogP contribution in [-0.4, -0.2) is 185 Å². The van der Waals surface area contributed by atoms with Crippen LogP contribution in [0.4, 0.5) is 0 Å². The highest BCUT2D eigenvalue weighted by Gasteiger charge is 2.73. The van der Waals surface area contributed by atoms with Crippen LogP contribution in [0.1, 0.15) is 98.8 Å². The molecule has 26 atom stereocenters. The number of aliphatic hydroxyl groups is 11. The van der Waals surface area contributed by atoms with Gasteiger partial charge in [-0.1, -0.05) is 32.9 Å². The average molecular weight is 959 g/mol. The first-order valence-electron chi connectivity index (χ1n) is 24.1. The summed E-state index contributed by atoms with van der Waals surface area (Å²) in [5.74, 6) is -1.73. The topological polar surface area (TPSA) is 332 Å². The van der Waals surface area contributed by atoms with Crippen LogP contribution < -0.4 is 0 Å². The van der Waals surface area contributed by atoms with Crippen molar-refractivity contribution in [3.8, 4) is 0 Å². The van der Waals surface area contributed by atoms with Crippen molar-refractivity contribution in [2.24, 2.45) is 56.7 Å². The van der Waals surface area contributed by atoms with Crippen LogP contribution >= 0.6 is 0 Å². The van der Waals surface area contributed by atoms with E-state index in [0.717, 1.165) is 31.3 Å². The molecule has 8 rings (SSSR count). The molecule has 0 bridgehead atoms. The summed E-state index contributed by atoms with van der Waals surface area (Å²) in [7, 11) is 0. The summed E-state index contributed by atoms with van der Waals surface area (Å²) < 4.78 is 33.9. The zero-order valence-corrected chi connectivity index (χ0v) is 38.9. The Labute approximate surface area is 389 Å². The molecule has 0 amide bonds. The zero-order valence-electron chi connectivity index (χ0n) is 38.9. The van der Waals surface area contributed by atoms with Gasteiger partial charge in [0, 0.05) is 0 Å². The van der Waals surface area contributed by atoms with E-state index in [1.54, 1.807) is 6.92 Å². The normalized spacial score (nSPS) is 55.3. The third-order valence-electron chi connectivity index (χ3n) is 19.5. The maximum absolute atomic E-state index is 14.9. The minimum absolute atomic E-state index is 0.0218. The second-order valence-electron chi connectivity index (χ2n) is 22.4. The van der Waals surface area contributed by atoms with Crippen LogP contribution in [0.2, 0.25) is 0 Å². The van der Waals surface area contributed by atoms with Crippen LogP contribution in [0.15, 0.2) is 12.2 Å². The summed E-state index contributed by atoms with van der Waals surface area (Å²) >= 11 is 0. The van der Waals surface area contributed by atoms with E-state index >= 15 is 0 Å². The van der Waals surface area contributed by atoms with Crippen molar-refractivity contribution in [3.05, 3.63) is 12.2 Å². The molecule has 67 heavy (non-hydrogen) atoms. The predicted molar refractivity (Wildman–Crippen MR) is 227 cm³/mol. The Balaban J connectivity index is 0.969. The van der Waals surface area contributed by atoms with Crippen LogP contribution in [0, 0.1) is 56.7 Å². The van der Waals surface area contributed by atoms with Gasteiger partial charge >= 0.3 is 11.9 Å². The van der Waals surface area contributed by atoms with Crippen molar-refractivity contribution in [2.45, 2.75) is 197 Å². The van der Waals surface area contributed by atoms with Gasteiger partial charge in [0.15, 0.2) is 18.9 Å². The zero-order chi connectivity index (χ0) is 49.1. The molecule has 0 aromatic carbocycles. The summed E-state index contributed by atoms with van der Waals surface area (Å²) in [5.41, 5.74) is -2.10. The Morgan fingerprint density at radius 1 is 0.642 bits per heavy atom. The highest BCUT2D eigenvalue weighted by molar-refractivity contribution is 5.78. The molecule has 5 saturated carbocycles. The van der Waals surface area contributed by atoms with Crippen LogP contribution in [-0.2, 0) is 38.0 Å². The number of carboxylic acids is 1. The smallest absolute Gasteiger partial charge is 0.314 e. The first-order valence-corrected chi connectivity index (χ1v) is 24.1. The lowest BCUT2D eigenvalue weighted by molar-refractivity contribution is -0.380. The molecule has 0 radical (unpaired) electrons. The number of ether oxygens (including phenoxy) is 6. The SMILES string of the molecule is C=C(C)[C@@H]1CC[C@]2(C(=O)O[C@@H]3O[C@H](CO[C@@H]4O[C@H](CO)[C@@H](O[C@@H]5O[C@@H](O)[C@H](O)[C@@H](O)[C@H]5O)[C@H](O)[C@H]4O)[C@@H](O)[C@H](O)[C@H]3O)CC[C@]3(C)[C@H](CC[C@@H]4[C@@]5(C)CC[C@@H](O)[C@](C)(C(=O)O)[C@@H]5CC[C@]43C)[C@@H]12. The number of carbonyl (C=O) groups excluding carboxylic acids is 1. The quantitative estimate of drug-likeness (QED) is 0.0925. The molecule has 20 heteroatoms. The average Bonchev–Trinajstić information content (AvgIpc) is 3.69. The van der Waals surface area contributed by atoms with Gasteiger partial charge in [-0.25, -0.2) is 0 Å². The van der Waals surface area contributed by atoms with Crippen molar-refractivity contribution in [1.82, 2.24) is 0 Å². The summed E-state index contributed by atoms with van der Waals surface area (Å²) in [6.07, 6.45) is -21.4.